The number of hydrogen-bond donors (Lipinski definition) is 1. The maximum Gasteiger partial charge on any atom is 0.266 e. The Balaban J connectivity index is 2.22. The van der Waals surface area contributed by atoms with E-state index < -0.39 is 5.82 Å². The van der Waals surface area contributed by atoms with E-state index in [4.69, 9.17) is 5.26 Å². The van der Waals surface area contributed by atoms with E-state index in [0.29, 0.717) is 10.6 Å². The van der Waals surface area contributed by atoms with Crippen LogP contribution in [0.4, 0.5) is 10.1 Å². The fourth-order valence-electron chi connectivity index (χ4n) is 1.69. The minimum absolute atomic E-state index is 0.0836. The second-order valence-corrected chi connectivity index (χ2v) is 4.81. The van der Waals surface area contributed by atoms with Gasteiger partial charge >= 0.3 is 0 Å². The van der Waals surface area contributed by atoms with Crippen LogP contribution in [0, 0.1) is 17.1 Å². The van der Waals surface area contributed by atoms with Crippen molar-refractivity contribution < 1.29 is 9.18 Å². The first-order chi connectivity index (χ1) is 9.15. The third kappa shape index (κ3) is 2.80. The number of nitrogens with zero attached hydrogens (tertiary/aromatic N) is 1. The van der Waals surface area contributed by atoms with Crippen molar-refractivity contribution >= 4 is 22.9 Å². The summed E-state index contributed by atoms with van der Waals surface area (Å²) in [6.45, 7) is 1.98. The van der Waals surface area contributed by atoms with Crippen LogP contribution in [-0.4, -0.2) is 5.91 Å². The third-order valence-electron chi connectivity index (χ3n) is 2.68. The Morgan fingerprint density at radius 1 is 1.47 bits per heavy atom. The normalized spacial score (nSPS) is 9.95. The predicted octanol–water partition coefficient (Wildman–Crippen LogP) is 3.57. The number of nitrogens with one attached hydrogen (secondary N) is 1. The summed E-state index contributed by atoms with van der Waals surface area (Å²) in [6.07, 6.45) is 0.777. The Morgan fingerprint density at radius 3 is 2.95 bits per heavy atom. The standard InChI is InChI=1S/C14H11FN2OS/c1-2-9-5-6-19-13(9)14(18)17-11-3-4-12(15)10(7-11)8-16/h3-7H,2H2,1H3,(H,17,18). The van der Waals surface area contributed by atoms with Crippen LogP contribution >= 0.6 is 11.3 Å². The van der Waals surface area contributed by atoms with Crippen LogP contribution in [-0.2, 0) is 6.42 Å². The molecule has 0 saturated heterocycles. The van der Waals surface area contributed by atoms with Crippen LogP contribution in [0.1, 0.15) is 27.7 Å². The molecular weight excluding hydrogens is 263 g/mol. The number of hydrogen-bond acceptors (Lipinski definition) is 3. The fourth-order valence-corrected chi connectivity index (χ4v) is 2.58. The van der Waals surface area contributed by atoms with Gasteiger partial charge in [0.2, 0.25) is 0 Å². The second-order valence-electron chi connectivity index (χ2n) is 3.89. The number of nitriles is 1. The zero-order valence-electron chi connectivity index (χ0n) is 10.2. The minimum Gasteiger partial charge on any atom is -0.321 e. The Kier molecular flexibility index (Phi) is 3.93. The van der Waals surface area contributed by atoms with Crippen molar-refractivity contribution in [1.29, 1.82) is 5.26 Å². The van der Waals surface area contributed by atoms with Crippen molar-refractivity contribution in [2.24, 2.45) is 0 Å². The molecule has 0 aliphatic carbocycles. The van der Waals surface area contributed by atoms with Crippen LogP contribution < -0.4 is 5.32 Å². The van der Waals surface area contributed by atoms with Crippen LogP contribution in [0.25, 0.3) is 0 Å². The van der Waals surface area contributed by atoms with Gasteiger partial charge < -0.3 is 5.32 Å². The first kappa shape index (κ1) is 13.2. The third-order valence-corrected chi connectivity index (χ3v) is 3.63. The van der Waals surface area contributed by atoms with E-state index in [0.717, 1.165) is 12.0 Å². The predicted molar refractivity (Wildman–Crippen MR) is 72.8 cm³/mol. The van der Waals surface area contributed by atoms with Crippen molar-refractivity contribution in [2.75, 3.05) is 5.32 Å². The largest absolute Gasteiger partial charge is 0.321 e. The molecule has 0 fully saturated rings. The highest BCUT2D eigenvalue weighted by Gasteiger charge is 2.13. The lowest BCUT2D eigenvalue weighted by Gasteiger charge is -2.06. The lowest BCUT2D eigenvalue weighted by atomic mass is 10.2. The maximum atomic E-state index is 13.2. The van der Waals surface area contributed by atoms with Gasteiger partial charge in [-0.2, -0.15) is 5.26 Å². The van der Waals surface area contributed by atoms with Gasteiger partial charge in [0.15, 0.2) is 0 Å². The lowest BCUT2D eigenvalue weighted by Crippen LogP contribution is -2.12. The van der Waals surface area contributed by atoms with Crippen LogP contribution in [0.15, 0.2) is 29.6 Å². The minimum atomic E-state index is -0.592. The highest BCUT2D eigenvalue weighted by molar-refractivity contribution is 7.12. The summed E-state index contributed by atoms with van der Waals surface area (Å²) >= 11 is 1.36. The smallest absolute Gasteiger partial charge is 0.266 e. The fraction of sp³-hybridized carbons (Fsp3) is 0.143. The molecule has 3 nitrogen and oxygen atoms in total. The molecule has 2 aromatic rings. The molecule has 1 aromatic heterocycles. The summed E-state index contributed by atoms with van der Waals surface area (Å²) in [4.78, 5) is 12.7. The highest BCUT2D eigenvalue weighted by atomic mass is 32.1. The van der Waals surface area contributed by atoms with E-state index in [1.807, 2.05) is 18.4 Å². The number of aryl methyl sites for hydroxylation is 1. The molecule has 1 aromatic carbocycles. The number of amides is 1. The molecule has 0 aliphatic heterocycles. The van der Waals surface area contributed by atoms with E-state index in [9.17, 15) is 9.18 Å². The average molecular weight is 274 g/mol. The molecule has 2 rings (SSSR count). The summed E-state index contributed by atoms with van der Waals surface area (Å²) < 4.78 is 13.2. The number of anilines is 1. The number of thiophene rings is 1. The summed E-state index contributed by atoms with van der Waals surface area (Å²) in [6, 6.07) is 7.58. The Hall–Kier alpha value is -2.19. The molecule has 1 heterocycles. The van der Waals surface area contributed by atoms with Gasteiger partial charge in [-0.25, -0.2) is 4.39 Å². The molecule has 96 valence electrons. The molecule has 1 amide bonds. The Morgan fingerprint density at radius 2 is 2.26 bits per heavy atom. The molecule has 1 N–H and O–H groups in total. The van der Waals surface area contributed by atoms with Gasteiger partial charge in [0, 0.05) is 5.69 Å². The van der Waals surface area contributed by atoms with E-state index >= 15 is 0 Å². The van der Waals surface area contributed by atoms with E-state index in [1.165, 1.54) is 29.5 Å². The second kappa shape index (κ2) is 5.63. The summed E-state index contributed by atoms with van der Waals surface area (Å²) in [5, 5.41) is 13.3. The number of carbonyl (C=O) groups excluding carboxylic acids is 1. The van der Waals surface area contributed by atoms with Gasteiger partial charge in [-0.15, -0.1) is 11.3 Å². The molecule has 0 spiro atoms. The van der Waals surface area contributed by atoms with Gasteiger partial charge in [0.05, 0.1) is 10.4 Å². The van der Waals surface area contributed by atoms with Crippen molar-refractivity contribution in [3.63, 3.8) is 0 Å². The number of carbonyl (C=O) groups is 1. The first-order valence-corrected chi connectivity index (χ1v) is 6.61. The van der Waals surface area contributed by atoms with E-state index in [2.05, 4.69) is 5.32 Å². The molecule has 0 radical (unpaired) electrons. The van der Waals surface area contributed by atoms with Crippen LogP contribution in [0.5, 0.6) is 0 Å². The Bertz CT molecular complexity index is 658. The van der Waals surface area contributed by atoms with Crippen molar-refractivity contribution in [2.45, 2.75) is 13.3 Å². The summed E-state index contributed by atoms with van der Waals surface area (Å²) in [7, 11) is 0. The maximum absolute atomic E-state index is 13.2. The van der Waals surface area contributed by atoms with Gasteiger partial charge in [-0.1, -0.05) is 6.92 Å². The molecule has 0 unspecified atom stereocenters. The first-order valence-electron chi connectivity index (χ1n) is 5.73. The highest BCUT2D eigenvalue weighted by Crippen LogP contribution is 2.20. The number of rotatable bonds is 3. The van der Waals surface area contributed by atoms with Crippen molar-refractivity contribution in [1.82, 2.24) is 0 Å². The van der Waals surface area contributed by atoms with E-state index in [-0.39, 0.29) is 11.5 Å². The van der Waals surface area contributed by atoms with Crippen molar-refractivity contribution in [3.8, 4) is 6.07 Å². The monoisotopic (exact) mass is 274 g/mol. The zero-order valence-corrected chi connectivity index (χ0v) is 11.1. The molecule has 0 bridgehead atoms. The molecule has 0 saturated carbocycles. The molecular formula is C14H11FN2OS. The molecule has 19 heavy (non-hydrogen) atoms. The van der Waals surface area contributed by atoms with E-state index in [1.54, 1.807) is 6.07 Å². The summed E-state index contributed by atoms with van der Waals surface area (Å²) in [5.41, 5.74) is 1.31. The molecule has 0 atom stereocenters. The number of benzene rings is 1. The van der Waals surface area contributed by atoms with Gasteiger partial charge in [0.1, 0.15) is 11.9 Å². The zero-order chi connectivity index (χ0) is 13.8. The molecule has 5 heteroatoms. The Labute approximate surface area is 114 Å². The van der Waals surface area contributed by atoms with Crippen LogP contribution in [0.2, 0.25) is 0 Å². The number of halogens is 1. The van der Waals surface area contributed by atoms with Crippen molar-refractivity contribution in [3.05, 3.63) is 51.5 Å². The lowest BCUT2D eigenvalue weighted by molar-refractivity contribution is 0.103. The topological polar surface area (TPSA) is 52.9 Å². The van der Waals surface area contributed by atoms with Gasteiger partial charge in [-0.05, 0) is 41.6 Å². The quantitative estimate of drug-likeness (QED) is 0.930. The SMILES string of the molecule is CCc1ccsc1C(=O)Nc1ccc(F)c(C#N)c1. The summed E-state index contributed by atoms with van der Waals surface area (Å²) in [5.74, 6) is -0.826. The van der Waals surface area contributed by atoms with Crippen LogP contribution in [0.3, 0.4) is 0 Å². The van der Waals surface area contributed by atoms with Gasteiger partial charge in [-0.3, -0.25) is 4.79 Å². The average Bonchev–Trinajstić information content (AvgIpc) is 2.89. The van der Waals surface area contributed by atoms with Gasteiger partial charge in [0.25, 0.3) is 5.91 Å². The molecule has 0 aliphatic rings.